The predicted molar refractivity (Wildman–Crippen MR) is 90.8 cm³/mol. The fourth-order valence-corrected chi connectivity index (χ4v) is 2.91. The van der Waals surface area contributed by atoms with E-state index in [1.165, 1.54) is 14.2 Å². The third-order valence-corrected chi connectivity index (χ3v) is 4.04. The molecule has 0 saturated carbocycles. The minimum atomic E-state index is 0.115. The molecule has 0 fully saturated rings. The average Bonchev–Trinajstić information content (AvgIpc) is 2.54. The van der Waals surface area contributed by atoms with Crippen LogP contribution < -0.4 is 14.0 Å². The van der Waals surface area contributed by atoms with Crippen molar-refractivity contribution in [2.75, 3.05) is 14.2 Å². The monoisotopic (exact) mass is 326 g/mol. The number of fused-ring (bicyclic) bond motifs is 1. The number of rotatable bonds is 4. The highest BCUT2D eigenvalue weighted by Crippen LogP contribution is 2.33. The first-order valence-corrected chi connectivity index (χ1v) is 7.56. The van der Waals surface area contributed by atoms with E-state index >= 15 is 0 Å². The lowest BCUT2D eigenvalue weighted by molar-refractivity contribution is -0.670. The second kappa shape index (κ2) is 6.28. The van der Waals surface area contributed by atoms with E-state index in [-0.39, 0.29) is 11.5 Å². The van der Waals surface area contributed by atoms with Crippen LogP contribution in [0.4, 0.5) is 0 Å². The van der Waals surface area contributed by atoms with E-state index in [4.69, 9.17) is 9.47 Å². The Labute approximate surface area is 140 Å². The van der Waals surface area contributed by atoms with Gasteiger partial charge in [0.25, 0.3) is 0 Å². The van der Waals surface area contributed by atoms with Gasteiger partial charge in [-0.25, -0.2) is 4.57 Å². The van der Waals surface area contributed by atoms with E-state index in [1.54, 1.807) is 18.2 Å². The predicted octanol–water partition coefficient (Wildman–Crippen LogP) is 2.68. The molecule has 2 aromatic carbocycles. The first-order valence-electron chi connectivity index (χ1n) is 7.56. The van der Waals surface area contributed by atoms with Gasteiger partial charge in [-0.1, -0.05) is 6.07 Å². The molecular weight excluding hydrogens is 306 g/mol. The van der Waals surface area contributed by atoms with Crippen molar-refractivity contribution in [3.05, 3.63) is 53.9 Å². The van der Waals surface area contributed by atoms with Crippen LogP contribution in [0.5, 0.6) is 23.0 Å². The maximum atomic E-state index is 9.99. The van der Waals surface area contributed by atoms with Crippen LogP contribution in [0.25, 0.3) is 10.8 Å². The van der Waals surface area contributed by atoms with Crippen molar-refractivity contribution in [1.82, 2.24) is 0 Å². The number of aryl methyl sites for hydroxylation is 1. The Kier molecular flexibility index (Phi) is 4.16. The number of aromatic nitrogens is 1. The third kappa shape index (κ3) is 2.93. The molecule has 0 atom stereocenters. The van der Waals surface area contributed by atoms with Gasteiger partial charge in [-0.15, -0.1) is 0 Å². The van der Waals surface area contributed by atoms with Crippen molar-refractivity contribution in [3.8, 4) is 23.0 Å². The van der Waals surface area contributed by atoms with Crippen LogP contribution in [0, 0.1) is 0 Å². The van der Waals surface area contributed by atoms with Gasteiger partial charge in [-0.2, -0.15) is 0 Å². The van der Waals surface area contributed by atoms with Crippen molar-refractivity contribution in [1.29, 1.82) is 0 Å². The van der Waals surface area contributed by atoms with E-state index in [1.807, 2.05) is 36.1 Å². The Morgan fingerprint density at radius 1 is 0.917 bits per heavy atom. The van der Waals surface area contributed by atoms with Gasteiger partial charge in [0.1, 0.15) is 7.05 Å². The van der Waals surface area contributed by atoms with Crippen molar-refractivity contribution >= 4 is 10.8 Å². The Balaban J connectivity index is 2.09. The van der Waals surface area contributed by atoms with Crippen molar-refractivity contribution in [2.45, 2.75) is 6.42 Å². The van der Waals surface area contributed by atoms with Crippen LogP contribution in [0.2, 0.25) is 0 Å². The third-order valence-electron chi connectivity index (χ3n) is 4.04. The lowest BCUT2D eigenvalue weighted by Crippen LogP contribution is -2.27. The summed E-state index contributed by atoms with van der Waals surface area (Å²) >= 11 is 0. The average molecular weight is 326 g/mol. The Bertz CT molecular complexity index is 905. The van der Waals surface area contributed by atoms with Gasteiger partial charge in [0, 0.05) is 22.8 Å². The van der Waals surface area contributed by atoms with E-state index in [9.17, 15) is 10.2 Å². The fraction of sp³-hybridized carbons (Fsp3) is 0.211. The zero-order valence-electron chi connectivity index (χ0n) is 13.9. The number of methoxy groups -OCH3 is 2. The topological polar surface area (TPSA) is 62.8 Å². The molecule has 0 spiro atoms. The molecule has 1 aromatic heterocycles. The number of phenols is 2. The second-order valence-corrected chi connectivity index (χ2v) is 5.74. The number of nitrogens with zero attached hydrogens (tertiary/aromatic N) is 1. The van der Waals surface area contributed by atoms with Crippen LogP contribution in [0.3, 0.4) is 0 Å². The SMILES string of the molecule is COc1ccc(Cc2c[n+](C)cc3cc(O)c(OC)cc23)cc1O. The summed E-state index contributed by atoms with van der Waals surface area (Å²) < 4.78 is 12.3. The normalized spacial score (nSPS) is 10.8. The molecule has 0 aliphatic rings. The number of hydrogen-bond donors (Lipinski definition) is 2. The Morgan fingerprint density at radius 3 is 2.29 bits per heavy atom. The van der Waals surface area contributed by atoms with Gasteiger partial charge in [-0.05, 0) is 29.8 Å². The summed E-state index contributed by atoms with van der Waals surface area (Å²) in [4.78, 5) is 0. The van der Waals surface area contributed by atoms with E-state index in [0.29, 0.717) is 17.9 Å². The highest BCUT2D eigenvalue weighted by atomic mass is 16.5. The molecule has 1 heterocycles. The summed E-state index contributed by atoms with van der Waals surface area (Å²) in [5.74, 6) is 1.13. The Hall–Kier alpha value is -2.95. The molecular formula is C19H20NO4+. The molecule has 2 N–H and O–H groups in total. The van der Waals surface area contributed by atoms with Crippen molar-refractivity contribution < 1.29 is 24.3 Å². The Morgan fingerprint density at radius 2 is 1.62 bits per heavy atom. The zero-order chi connectivity index (χ0) is 17.3. The van der Waals surface area contributed by atoms with E-state index in [2.05, 4.69) is 0 Å². The number of pyridine rings is 1. The largest absolute Gasteiger partial charge is 0.504 e. The highest BCUT2D eigenvalue weighted by molar-refractivity contribution is 5.87. The molecule has 24 heavy (non-hydrogen) atoms. The molecule has 0 bridgehead atoms. The maximum Gasteiger partial charge on any atom is 0.176 e. The number of aromatic hydroxyl groups is 2. The summed E-state index contributed by atoms with van der Waals surface area (Å²) in [5, 5.41) is 21.9. The van der Waals surface area contributed by atoms with Crippen LogP contribution in [-0.4, -0.2) is 24.4 Å². The minimum absolute atomic E-state index is 0.115. The molecule has 3 aromatic rings. The van der Waals surface area contributed by atoms with Gasteiger partial charge in [-0.3, -0.25) is 0 Å². The molecule has 0 radical (unpaired) electrons. The quantitative estimate of drug-likeness (QED) is 0.724. The second-order valence-electron chi connectivity index (χ2n) is 5.74. The lowest BCUT2D eigenvalue weighted by Gasteiger charge is -2.10. The van der Waals surface area contributed by atoms with E-state index in [0.717, 1.165) is 21.9 Å². The van der Waals surface area contributed by atoms with Crippen LogP contribution in [-0.2, 0) is 13.5 Å². The number of phenolic OH excluding ortho intramolecular Hbond substituents is 2. The standard InChI is InChI=1S/C19H19NO4/c1-20-10-13(6-12-4-5-18(23-2)16(21)7-12)15-9-19(24-3)17(22)8-14(15)11-20/h4-5,7-11H,6H2,1-3H3,(H-,21,22)/p+1. The molecule has 124 valence electrons. The fourth-order valence-electron chi connectivity index (χ4n) is 2.91. The number of benzene rings is 2. The zero-order valence-corrected chi connectivity index (χ0v) is 13.9. The summed E-state index contributed by atoms with van der Waals surface area (Å²) in [6, 6.07) is 8.92. The van der Waals surface area contributed by atoms with Gasteiger partial charge >= 0.3 is 0 Å². The molecule has 0 aliphatic carbocycles. The highest BCUT2D eigenvalue weighted by Gasteiger charge is 2.13. The molecule has 0 saturated heterocycles. The molecule has 0 aliphatic heterocycles. The van der Waals surface area contributed by atoms with Gasteiger partial charge in [0.15, 0.2) is 35.4 Å². The van der Waals surface area contributed by atoms with Crippen LogP contribution in [0.15, 0.2) is 42.7 Å². The summed E-state index contributed by atoms with van der Waals surface area (Å²) in [5.41, 5.74) is 2.03. The van der Waals surface area contributed by atoms with Gasteiger partial charge in [0.05, 0.1) is 14.2 Å². The molecule has 5 heteroatoms. The smallest absolute Gasteiger partial charge is 0.176 e. The first kappa shape index (κ1) is 15.9. The van der Waals surface area contributed by atoms with Crippen molar-refractivity contribution in [3.63, 3.8) is 0 Å². The molecule has 5 nitrogen and oxygen atoms in total. The van der Waals surface area contributed by atoms with Crippen LogP contribution >= 0.6 is 0 Å². The van der Waals surface area contributed by atoms with E-state index < -0.39 is 0 Å². The maximum absolute atomic E-state index is 9.99. The molecule has 0 amide bonds. The summed E-state index contributed by atoms with van der Waals surface area (Å²) in [7, 11) is 5.00. The summed E-state index contributed by atoms with van der Waals surface area (Å²) in [6.07, 6.45) is 4.61. The number of ether oxygens (including phenoxy) is 2. The van der Waals surface area contributed by atoms with Crippen molar-refractivity contribution in [2.24, 2.45) is 7.05 Å². The van der Waals surface area contributed by atoms with Gasteiger partial charge in [0.2, 0.25) is 0 Å². The number of hydrogen-bond acceptors (Lipinski definition) is 4. The van der Waals surface area contributed by atoms with Gasteiger partial charge < -0.3 is 19.7 Å². The van der Waals surface area contributed by atoms with Crippen LogP contribution in [0.1, 0.15) is 11.1 Å². The molecule has 3 rings (SSSR count). The minimum Gasteiger partial charge on any atom is -0.504 e. The summed E-state index contributed by atoms with van der Waals surface area (Å²) in [6.45, 7) is 0. The first-order chi connectivity index (χ1) is 11.5. The lowest BCUT2D eigenvalue weighted by atomic mass is 10.00. The molecule has 0 unspecified atom stereocenters.